The fourth-order valence-corrected chi connectivity index (χ4v) is 3.11. The highest BCUT2D eigenvalue weighted by Gasteiger charge is 2.53. The Morgan fingerprint density at radius 1 is 1.06 bits per heavy atom. The molecule has 0 unspecified atom stereocenters. The molecule has 0 bridgehead atoms. The monoisotopic (exact) mass is 220 g/mol. The second-order valence-electron chi connectivity index (χ2n) is 5.17. The van der Waals surface area contributed by atoms with Gasteiger partial charge in [0.05, 0.1) is 13.2 Å². The van der Waals surface area contributed by atoms with Gasteiger partial charge in [-0.3, -0.25) is 0 Å². The molecule has 0 spiro atoms. The van der Waals surface area contributed by atoms with Crippen molar-refractivity contribution in [1.82, 2.24) is 0 Å². The zero-order valence-electron chi connectivity index (χ0n) is 9.82. The summed E-state index contributed by atoms with van der Waals surface area (Å²) in [7, 11) is 0. The summed E-state index contributed by atoms with van der Waals surface area (Å²) in [6.07, 6.45) is 2.86. The summed E-state index contributed by atoms with van der Waals surface area (Å²) in [5.41, 5.74) is 1.27. The van der Waals surface area contributed by atoms with E-state index in [9.17, 15) is 10.2 Å². The molecule has 1 aliphatic carbocycles. The number of hydrogen-bond donors (Lipinski definition) is 2. The fraction of sp³-hybridized carbons (Fsp3) is 0.571. The van der Waals surface area contributed by atoms with Crippen molar-refractivity contribution >= 4 is 0 Å². The first-order valence-electron chi connectivity index (χ1n) is 5.98. The van der Waals surface area contributed by atoms with E-state index in [1.165, 1.54) is 5.56 Å². The van der Waals surface area contributed by atoms with Crippen LogP contribution in [0.3, 0.4) is 0 Å². The van der Waals surface area contributed by atoms with Crippen LogP contribution in [0.4, 0.5) is 0 Å². The van der Waals surface area contributed by atoms with Crippen molar-refractivity contribution in [3.05, 3.63) is 35.9 Å². The molecule has 1 aromatic rings. The van der Waals surface area contributed by atoms with Gasteiger partial charge >= 0.3 is 0 Å². The van der Waals surface area contributed by atoms with Gasteiger partial charge in [-0.05, 0) is 30.2 Å². The Morgan fingerprint density at radius 2 is 1.62 bits per heavy atom. The lowest BCUT2D eigenvalue weighted by Crippen LogP contribution is -2.53. The topological polar surface area (TPSA) is 40.5 Å². The number of rotatable bonds is 4. The Bertz CT molecular complexity index is 333. The number of aliphatic hydroxyl groups is 2. The van der Waals surface area contributed by atoms with Gasteiger partial charge in [-0.2, -0.15) is 0 Å². The van der Waals surface area contributed by atoms with Crippen molar-refractivity contribution < 1.29 is 10.2 Å². The van der Waals surface area contributed by atoms with Crippen LogP contribution >= 0.6 is 0 Å². The molecule has 2 heteroatoms. The summed E-state index contributed by atoms with van der Waals surface area (Å²) in [5.74, 6) is 0. The van der Waals surface area contributed by atoms with Gasteiger partial charge in [0.1, 0.15) is 0 Å². The fourth-order valence-electron chi connectivity index (χ4n) is 3.11. The van der Waals surface area contributed by atoms with Crippen molar-refractivity contribution in [2.45, 2.75) is 31.6 Å². The highest BCUT2D eigenvalue weighted by atomic mass is 16.3. The van der Waals surface area contributed by atoms with Gasteiger partial charge in [0, 0.05) is 5.41 Å². The van der Waals surface area contributed by atoms with E-state index in [2.05, 4.69) is 31.2 Å². The molecular formula is C14H20O2. The van der Waals surface area contributed by atoms with Crippen LogP contribution in [0, 0.1) is 5.41 Å². The molecule has 0 saturated heterocycles. The Hall–Kier alpha value is -0.860. The molecule has 1 aromatic carbocycles. The summed E-state index contributed by atoms with van der Waals surface area (Å²) in [6, 6.07) is 10.5. The van der Waals surface area contributed by atoms with Crippen molar-refractivity contribution in [3.8, 4) is 0 Å². The molecule has 2 nitrogen and oxygen atoms in total. The van der Waals surface area contributed by atoms with Crippen LogP contribution in [0.25, 0.3) is 0 Å². The third-order valence-electron chi connectivity index (χ3n) is 4.16. The van der Waals surface area contributed by atoms with Crippen LogP contribution in [0.5, 0.6) is 0 Å². The normalized spacial score (nSPS) is 21.4. The van der Waals surface area contributed by atoms with Crippen molar-refractivity contribution in [1.29, 1.82) is 0 Å². The SMILES string of the molecule is CCC1(c2ccccc2)CC(CO)(CO)C1. The third-order valence-corrected chi connectivity index (χ3v) is 4.16. The van der Waals surface area contributed by atoms with E-state index in [1.54, 1.807) is 0 Å². The van der Waals surface area contributed by atoms with Crippen molar-refractivity contribution in [2.75, 3.05) is 13.2 Å². The van der Waals surface area contributed by atoms with E-state index in [4.69, 9.17) is 0 Å². The third kappa shape index (κ3) is 1.66. The van der Waals surface area contributed by atoms with E-state index < -0.39 is 0 Å². The number of benzene rings is 1. The van der Waals surface area contributed by atoms with Crippen molar-refractivity contribution in [2.24, 2.45) is 5.41 Å². The van der Waals surface area contributed by atoms with Gasteiger partial charge in [0.25, 0.3) is 0 Å². The average molecular weight is 220 g/mol. The summed E-state index contributed by atoms with van der Waals surface area (Å²) in [5, 5.41) is 18.7. The summed E-state index contributed by atoms with van der Waals surface area (Å²) in [4.78, 5) is 0. The maximum atomic E-state index is 9.35. The number of hydrogen-bond acceptors (Lipinski definition) is 2. The summed E-state index contributed by atoms with van der Waals surface area (Å²) < 4.78 is 0. The smallest absolute Gasteiger partial charge is 0.0510 e. The van der Waals surface area contributed by atoms with Gasteiger partial charge in [0.2, 0.25) is 0 Å². The molecule has 0 heterocycles. The Balaban J connectivity index is 2.20. The first-order valence-corrected chi connectivity index (χ1v) is 5.98. The molecule has 0 amide bonds. The predicted octanol–water partition coefficient (Wildman–Crippen LogP) is 2.10. The van der Waals surface area contributed by atoms with Gasteiger partial charge in [-0.15, -0.1) is 0 Å². The zero-order valence-corrected chi connectivity index (χ0v) is 9.82. The molecule has 1 fully saturated rings. The van der Waals surface area contributed by atoms with Crippen LogP contribution in [0.15, 0.2) is 30.3 Å². The van der Waals surface area contributed by atoms with E-state index in [0.717, 1.165) is 19.3 Å². The average Bonchev–Trinajstić information content (AvgIpc) is 2.31. The van der Waals surface area contributed by atoms with E-state index in [-0.39, 0.29) is 24.0 Å². The van der Waals surface area contributed by atoms with Gasteiger partial charge < -0.3 is 10.2 Å². The molecule has 2 N–H and O–H groups in total. The minimum absolute atomic E-state index is 0.0953. The first-order chi connectivity index (χ1) is 7.70. The molecule has 88 valence electrons. The van der Waals surface area contributed by atoms with Crippen LogP contribution < -0.4 is 0 Å². The molecule has 1 saturated carbocycles. The summed E-state index contributed by atoms with van der Waals surface area (Å²) >= 11 is 0. The summed E-state index contributed by atoms with van der Waals surface area (Å²) in [6.45, 7) is 2.38. The minimum Gasteiger partial charge on any atom is -0.396 e. The second kappa shape index (κ2) is 4.19. The van der Waals surface area contributed by atoms with E-state index in [1.807, 2.05) is 6.07 Å². The standard InChI is InChI=1S/C14H20O2/c1-2-14(12-6-4-3-5-7-12)8-13(9-14,10-15)11-16/h3-7,15-16H,2,8-11H2,1H3. The number of aliphatic hydroxyl groups excluding tert-OH is 2. The largest absolute Gasteiger partial charge is 0.396 e. The molecule has 0 aromatic heterocycles. The highest BCUT2D eigenvalue weighted by molar-refractivity contribution is 5.30. The van der Waals surface area contributed by atoms with Gasteiger partial charge in [-0.1, -0.05) is 37.3 Å². The molecule has 16 heavy (non-hydrogen) atoms. The van der Waals surface area contributed by atoms with Crippen LogP contribution in [-0.4, -0.2) is 23.4 Å². The maximum absolute atomic E-state index is 9.35. The lowest BCUT2D eigenvalue weighted by Gasteiger charge is -2.55. The highest BCUT2D eigenvalue weighted by Crippen LogP contribution is 2.57. The quantitative estimate of drug-likeness (QED) is 0.815. The molecule has 0 radical (unpaired) electrons. The lowest BCUT2D eigenvalue weighted by molar-refractivity contribution is -0.0687. The predicted molar refractivity (Wildman–Crippen MR) is 64.2 cm³/mol. The van der Waals surface area contributed by atoms with Gasteiger partial charge in [-0.25, -0.2) is 0 Å². The Morgan fingerprint density at radius 3 is 2.06 bits per heavy atom. The van der Waals surface area contributed by atoms with E-state index >= 15 is 0 Å². The van der Waals surface area contributed by atoms with Crippen molar-refractivity contribution in [3.63, 3.8) is 0 Å². The molecular weight excluding hydrogens is 200 g/mol. The van der Waals surface area contributed by atoms with Crippen LogP contribution in [0.1, 0.15) is 31.7 Å². The minimum atomic E-state index is -0.244. The zero-order chi connectivity index (χ0) is 11.6. The van der Waals surface area contributed by atoms with Gasteiger partial charge in [0.15, 0.2) is 0 Å². The van der Waals surface area contributed by atoms with E-state index in [0.29, 0.717) is 0 Å². The molecule has 0 atom stereocenters. The lowest BCUT2D eigenvalue weighted by atomic mass is 9.50. The maximum Gasteiger partial charge on any atom is 0.0510 e. The molecule has 1 aliphatic rings. The Labute approximate surface area is 96.9 Å². The molecule has 2 rings (SSSR count). The second-order valence-corrected chi connectivity index (χ2v) is 5.17. The van der Waals surface area contributed by atoms with Crippen LogP contribution in [-0.2, 0) is 5.41 Å². The first kappa shape index (κ1) is 11.6. The Kier molecular flexibility index (Phi) is 3.04. The van der Waals surface area contributed by atoms with Crippen LogP contribution in [0.2, 0.25) is 0 Å². The molecule has 0 aliphatic heterocycles.